The highest BCUT2D eigenvalue weighted by molar-refractivity contribution is 14.0. The third kappa shape index (κ3) is 11.7. The van der Waals surface area contributed by atoms with E-state index in [1.165, 1.54) is 32.7 Å². The number of nitrogens with one attached hydrogen (secondary N) is 2. The summed E-state index contributed by atoms with van der Waals surface area (Å²) in [6, 6.07) is 0. The topological polar surface area (TPSA) is 61.4 Å². The van der Waals surface area contributed by atoms with Crippen LogP contribution in [0.2, 0.25) is 0 Å². The number of rotatable bonds is 11. The van der Waals surface area contributed by atoms with Crippen molar-refractivity contribution < 1.29 is 9.47 Å². The van der Waals surface area contributed by atoms with Gasteiger partial charge in [0.1, 0.15) is 0 Å². The van der Waals surface area contributed by atoms with Gasteiger partial charge in [0.15, 0.2) is 5.96 Å². The highest BCUT2D eigenvalue weighted by Gasteiger charge is 2.17. The lowest BCUT2D eigenvalue weighted by Crippen LogP contribution is -2.48. The minimum absolute atomic E-state index is 0. The molecule has 8 heteroatoms. The summed E-state index contributed by atoms with van der Waals surface area (Å²) in [5, 5.41) is 6.87. The summed E-state index contributed by atoms with van der Waals surface area (Å²) in [7, 11) is 1.84. The lowest BCUT2D eigenvalue weighted by atomic mass is 10.0. The summed E-state index contributed by atoms with van der Waals surface area (Å²) in [4.78, 5) is 9.45. The van der Waals surface area contributed by atoms with Crippen molar-refractivity contribution in [3.8, 4) is 0 Å². The molecule has 0 saturated carbocycles. The number of hydrogen-bond donors (Lipinski definition) is 2. The van der Waals surface area contributed by atoms with Gasteiger partial charge in [-0.2, -0.15) is 0 Å². The molecule has 2 N–H and O–H groups in total. The Hall–Kier alpha value is -0.160. The Balaban J connectivity index is 0.00000420. The van der Waals surface area contributed by atoms with E-state index in [-0.39, 0.29) is 24.0 Å². The van der Waals surface area contributed by atoms with Crippen molar-refractivity contribution in [1.82, 2.24) is 20.4 Å². The van der Waals surface area contributed by atoms with Crippen molar-refractivity contribution in [2.45, 2.75) is 33.1 Å². The third-order valence-corrected chi connectivity index (χ3v) is 5.78. The van der Waals surface area contributed by atoms with Crippen LogP contribution >= 0.6 is 24.0 Å². The second kappa shape index (κ2) is 16.5. The zero-order valence-electron chi connectivity index (χ0n) is 18.8. The van der Waals surface area contributed by atoms with E-state index >= 15 is 0 Å². The summed E-state index contributed by atoms with van der Waals surface area (Å²) < 4.78 is 11.2. The second-order valence-electron chi connectivity index (χ2n) is 8.20. The number of likely N-dealkylation sites (N-methyl/N-ethyl adjacent to an activating group) is 1. The number of nitrogens with zero attached hydrogens (tertiary/aromatic N) is 3. The number of ether oxygens (including phenoxy) is 2. The third-order valence-electron chi connectivity index (χ3n) is 5.78. The smallest absolute Gasteiger partial charge is 0.190 e. The Morgan fingerprint density at radius 1 is 1.14 bits per heavy atom. The molecule has 2 aliphatic heterocycles. The minimum Gasteiger partial charge on any atom is -0.381 e. The molecule has 1 unspecified atom stereocenters. The van der Waals surface area contributed by atoms with Gasteiger partial charge in [0.05, 0.1) is 0 Å². The quantitative estimate of drug-likeness (QED) is 0.186. The number of guanidine groups is 1. The molecule has 2 saturated heterocycles. The molecule has 0 radical (unpaired) electrons. The maximum Gasteiger partial charge on any atom is 0.190 e. The SMILES string of the molecule is CCN1CCN(CC(C)CNC(=NC)NCCCOCC2CCOCC2)CC1.I. The zero-order valence-corrected chi connectivity index (χ0v) is 21.2. The van der Waals surface area contributed by atoms with Crippen molar-refractivity contribution in [2.75, 3.05) is 85.8 Å². The Labute approximate surface area is 195 Å². The normalized spacial score (nSPS) is 20.9. The number of halogens is 1. The summed E-state index contributed by atoms with van der Waals surface area (Å²) in [6.07, 6.45) is 3.28. The average Bonchev–Trinajstić information content (AvgIpc) is 2.74. The van der Waals surface area contributed by atoms with E-state index in [0.29, 0.717) is 11.8 Å². The molecule has 0 aliphatic carbocycles. The lowest BCUT2D eigenvalue weighted by Gasteiger charge is -2.35. The van der Waals surface area contributed by atoms with Crippen molar-refractivity contribution in [3.63, 3.8) is 0 Å². The molecule has 0 aromatic carbocycles. The van der Waals surface area contributed by atoms with Crippen LogP contribution in [0.3, 0.4) is 0 Å². The summed E-state index contributed by atoms with van der Waals surface area (Å²) in [5.74, 6) is 2.18. The molecule has 0 amide bonds. The first kappa shape index (κ1) is 26.9. The van der Waals surface area contributed by atoms with Crippen LogP contribution in [-0.4, -0.2) is 102 Å². The van der Waals surface area contributed by atoms with Crippen molar-refractivity contribution in [3.05, 3.63) is 0 Å². The van der Waals surface area contributed by atoms with Gasteiger partial charge in [-0.05, 0) is 37.6 Å². The fourth-order valence-electron chi connectivity index (χ4n) is 3.83. The predicted octanol–water partition coefficient (Wildman–Crippen LogP) is 1.88. The monoisotopic (exact) mass is 525 g/mol. The Morgan fingerprint density at radius 3 is 2.48 bits per heavy atom. The summed E-state index contributed by atoms with van der Waals surface area (Å²) in [5.41, 5.74) is 0. The van der Waals surface area contributed by atoms with Crippen LogP contribution in [0, 0.1) is 11.8 Å². The van der Waals surface area contributed by atoms with E-state index in [2.05, 4.69) is 39.3 Å². The predicted molar refractivity (Wildman–Crippen MR) is 131 cm³/mol. The molecule has 0 spiro atoms. The largest absolute Gasteiger partial charge is 0.381 e. The van der Waals surface area contributed by atoms with Crippen LogP contribution in [0.4, 0.5) is 0 Å². The van der Waals surface area contributed by atoms with Crippen molar-refractivity contribution in [2.24, 2.45) is 16.8 Å². The fourth-order valence-corrected chi connectivity index (χ4v) is 3.83. The van der Waals surface area contributed by atoms with Gasteiger partial charge in [0.2, 0.25) is 0 Å². The Bertz CT molecular complexity index is 427. The standard InChI is InChI=1S/C21H43N5O2.HI/c1-4-25-9-11-26(12-10-25)17-19(2)16-24-21(22-3)23-8-5-13-28-18-20-6-14-27-15-7-20;/h19-20H,4-18H2,1-3H3,(H2,22,23,24);1H. The van der Waals surface area contributed by atoms with Gasteiger partial charge in [0.25, 0.3) is 0 Å². The zero-order chi connectivity index (χ0) is 20.0. The fraction of sp³-hybridized carbons (Fsp3) is 0.952. The van der Waals surface area contributed by atoms with Gasteiger partial charge < -0.3 is 29.9 Å². The molecule has 29 heavy (non-hydrogen) atoms. The van der Waals surface area contributed by atoms with Gasteiger partial charge >= 0.3 is 0 Å². The molecule has 7 nitrogen and oxygen atoms in total. The van der Waals surface area contributed by atoms with E-state index in [1.807, 2.05) is 7.05 Å². The second-order valence-corrected chi connectivity index (χ2v) is 8.20. The molecular weight excluding hydrogens is 481 g/mol. The van der Waals surface area contributed by atoms with E-state index in [9.17, 15) is 0 Å². The Kier molecular flexibility index (Phi) is 15.3. The van der Waals surface area contributed by atoms with Gasteiger partial charge in [0, 0.05) is 79.3 Å². The van der Waals surface area contributed by atoms with E-state index < -0.39 is 0 Å². The molecule has 0 bridgehead atoms. The Morgan fingerprint density at radius 2 is 1.83 bits per heavy atom. The maximum absolute atomic E-state index is 5.82. The highest BCUT2D eigenvalue weighted by Crippen LogP contribution is 2.14. The number of piperazine rings is 1. The van der Waals surface area contributed by atoms with E-state index in [0.717, 1.165) is 71.3 Å². The highest BCUT2D eigenvalue weighted by atomic mass is 127. The van der Waals surface area contributed by atoms with Crippen LogP contribution in [-0.2, 0) is 9.47 Å². The molecule has 1 atom stereocenters. The lowest BCUT2D eigenvalue weighted by molar-refractivity contribution is 0.0203. The first-order valence-electron chi connectivity index (χ1n) is 11.3. The first-order chi connectivity index (χ1) is 13.7. The first-order valence-corrected chi connectivity index (χ1v) is 11.3. The molecule has 2 aliphatic rings. The molecule has 172 valence electrons. The number of aliphatic imine (C=N–C) groups is 1. The summed E-state index contributed by atoms with van der Waals surface area (Å²) in [6.45, 7) is 17.0. The molecule has 2 fully saturated rings. The van der Waals surface area contributed by atoms with Gasteiger partial charge in [-0.1, -0.05) is 13.8 Å². The van der Waals surface area contributed by atoms with Crippen molar-refractivity contribution >= 4 is 29.9 Å². The summed E-state index contributed by atoms with van der Waals surface area (Å²) >= 11 is 0. The maximum atomic E-state index is 5.82. The molecular formula is C21H44IN5O2. The molecule has 2 heterocycles. The minimum atomic E-state index is 0. The van der Waals surface area contributed by atoms with Gasteiger partial charge in [-0.15, -0.1) is 24.0 Å². The average molecular weight is 526 g/mol. The van der Waals surface area contributed by atoms with Crippen LogP contribution in [0.5, 0.6) is 0 Å². The molecule has 0 aromatic heterocycles. The number of hydrogen-bond acceptors (Lipinski definition) is 5. The van der Waals surface area contributed by atoms with Crippen LogP contribution in [0.15, 0.2) is 4.99 Å². The molecule has 2 rings (SSSR count). The van der Waals surface area contributed by atoms with Gasteiger partial charge in [-0.25, -0.2) is 0 Å². The van der Waals surface area contributed by atoms with E-state index in [4.69, 9.17) is 9.47 Å². The van der Waals surface area contributed by atoms with Crippen molar-refractivity contribution in [1.29, 1.82) is 0 Å². The van der Waals surface area contributed by atoms with Crippen LogP contribution < -0.4 is 10.6 Å². The van der Waals surface area contributed by atoms with E-state index in [1.54, 1.807) is 0 Å². The molecule has 0 aromatic rings. The van der Waals surface area contributed by atoms with Crippen LogP contribution in [0.25, 0.3) is 0 Å². The van der Waals surface area contributed by atoms with Crippen LogP contribution in [0.1, 0.15) is 33.1 Å². The van der Waals surface area contributed by atoms with Gasteiger partial charge in [-0.3, -0.25) is 4.99 Å².